The van der Waals surface area contributed by atoms with Crippen molar-refractivity contribution in [1.82, 2.24) is 19.7 Å². The molecule has 1 N–H and O–H groups in total. The van der Waals surface area contributed by atoms with Crippen LogP contribution in [0.4, 0.5) is 0 Å². The summed E-state index contributed by atoms with van der Waals surface area (Å²) >= 11 is 0. The molecule has 18 heavy (non-hydrogen) atoms. The van der Waals surface area contributed by atoms with Gasteiger partial charge in [0.25, 0.3) is 0 Å². The molecule has 6 heteroatoms. The van der Waals surface area contributed by atoms with Gasteiger partial charge in [-0.2, -0.15) is 0 Å². The highest BCUT2D eigenvalue weighted by Gasteiger charge is 2.18. The Labute approximate surface area is 105 Å². The van der Waals surface area contributed by atoms with E-state index in [1.807, 2.05) is 10.6 Å². The average molecular weight is 248 g/mol. The highest BCUT2D eigenvalue weighted by molar-refractivity contribution is 5.05. The number of nitrogens with zero attached hydrogens (tertiary/aromatic N) is 4. The summed E-state index contributed by atoms with van der Waals surface area (Å²) in [6, 6.07) is 1.99. The third kappa shape index (κ3) is 2.16. The van der Waals surface area contributed by atoms with Crippen LogP contribution in [-0.2, 0) is 26.1 Å². The molecule has 0 aromatic carbocycles. The van der Waals surface area contributed by atoms with Crippen LogP contribution < -0.4 is 0 Å². The molecule has 96 valence electrons. The van der Waals surface area contributed by atoms with E-state index in [0.29, 0.717) is 5.82 Å². The second-order valence-corrected chi connectivity index (χ2v) is 4.50. The van der Waals surface area contributed by atoms with Gasteiger partial charge in [0.15, 0.2) is 5.82 Å². The molecular formula is C12H16N4O2. The molecule has 0 atom stereocenters. The zero-order valence-corrected chi connectivity index (χ0v) is 10.1. The van der Waals surface area contributed by atoms with Crippen LogP contribution in [0.3, 0.4) is 0 Å². The summed E-state index contributed by atoms with van der Waals surface area (Å²) in [5.74, 6) is 1.63. The first kappa shape index (κ1) is 11.4. The quantitative estimate of drug-likeness (QED) is 0.852. The Morgan fingerprint density at radius 3 is 3.00 bits per heavy atom. The highest BCUT2D eigenvalue weighted by Crippen LogP contribution is 2.12. The predicted octanol–water partition coefficient (Wildman–Crippen LogP) is 0.422. The zero-order chi connectivity index (χ0) is 12.4. The van der Waals surface area contributed by atoms with Gasteiger partial charge in [0, 0.05) is 38.2 Å². The van der Waals surface area contributed by atoms with Crippen molar-refractivity contribution in [3.63, 3.8) is 0 Å². The molecule has 1 aliphatic heterocycles. The Kier molecular flexibility index (Phi) is 3.12. The minimum Gasteiger partial charge on any atom is -0.472 e. The number of aliphatic hydroxyl groups is 1. The molecule has 2 aromatic rings. The fraction of sp³-hybridized carbons (Fsp3) is 0.500. The van der Waals surface area contributed by atoms with Crippen molar-refractivity contribution in [2.24, 2.45) is 0 Å². The van der Waals surface area contributed by atoms with Crippen molar-refractivity contribution < 1.29 is 9.52 Å². The van der Waals surface area contributed by atoms with Gasteiger partial charge in [-0.3, -0.25) is 4.90 Å². The molecule has 0 fully saturated rings. The van der Waals surface area contributed by atoms with Gasteiger partial charge in [-0.1, -0.05) is 0 Å². The molecule has 0 saturated carbocycles. The van der Waals surface area contributed by atoms with E-state index in [1.54, 1.807) is 12.5 Å². The van der Waals surface area contributed by atoms with Crippen molar-refractivity contribution in [3.05, 3.63) is 35.8 Å². The monoisotopic (exact) mass is 248 g/mol. The number of aromatic nitrogens is 3. The topological polar surface area (TPSA) is 67.3 Å². The first-order chi connectivity index (χ1) is 8.86. The van der Waals surface area contributed by atoms with Gasteiger partial charge in [-0.15, -0.1) is 10.2 Å². The maximum absolute atomic E-state index is 9.20. The zero-order valence-electron chi connectivity index (χ0n) is 10.1. The molecule has 2 aromatic heterocycles. The second kappa shape index (κ2) is 4.91. The Balaban J connectivity index is 1.69. The normalized spacial score (nSPS) is 16.5. The van der Waals surface area contributed by atoms with Crippen LogP contribution in [0.15, 0.2) is 23.0 Å². The third-order valence-corrected chi connectivity index (χ3v) is 3.32. The van der Waals surface area contributed by atoms with E-state index in [9.17, 15) is 5.11 Å². The Morgan fingerprint density at radius 1 is 1.28 bits per heavy atom. The highest BCUT2D eigenvalue weighted by atomic mass is 16.3. The van der Waals surface area contributed by atoms with E-state index in [4.69, 9.17) is 4.42 Å². The molecule has 1 aliphatic rings. The second-order valence-electron chi connectivity index (χ2n) is 4.50. The lowest BCUT2D eigenvalue weighted by Crippen LogP contribution is -2.26. The van der Waals surface area contributed by atoms with Crippen LogP contribution in [-0.4, -0.2) is 37.9 Å². The lowest BCUT2D eigenvalue weighted by molar-refractivity contribution is 0.251. The summed E-state index contributed by atoms with van der Waals surface area (Å²) in [7, 11) is 0. The molecule has 0 amide bonds. The van der Waals surface area contributed by atoms with Crippen LogP contribution in [0.1, 0.15) is 17.2 Å². The minimum atomic E-state index is -0.0469. The van der Waals surface area contributed by atoms with Crippen LogP contribution in [0.5, 0.6) is 0 Å². The van der Waals surface area contributed by atoms with Crippen LogP contribution in [0, 0.1) is 0 Å². The SMILES string of the molecule is OCc1nnc2n1CCN(Cc1ccoc1)CC2. The molecule has 0 unspecified atom stereocenters. The largest absolute Gasteiger partial charge is 0.472 e. The molecule has 0 bridgehead atoms. The Hall–Kier alpha value is -1.66. The summed E-state index contributed by atoms with van der Waals surface area (Å²) in [5.41, 5.74) is 1.19. The van der Waals surface area contributed by atoms with E-state index in [-0.39, 0.29) is 6.61 Å². The summed E-state index contributed by atoms with van der Waals surface area (Å²) in [4.78, 5) is 2.36. The first-order valence-electron chi connectivity index (χ1n) is 6.12. The Morgan fingerprint density at radius 2 is 2.22 bits per heavy atom. The van der Waals surface area contributed by atoms with Gasteiger partial charge in [-0.05, 0) is 6.07 Å². The number of hydrogen-bond acceptors (Lipinski definition) is 5. The summed E-state index contributed by atoms with van der Waals surface area (Å²) in [6.07, 6.45) is 4.35. The number of hydrogen-bond donors (Lipinski definition) is 1. The van der Waals surface area contributed by atoms with Gasteiger partial charge in [0.05, 0.1) is 12.5 Å². The van der Waals surface area contributed by atoms with E-state index in [1.165, 1.54) is 5.56 Å². The molecule has 3 heterocycles. The first-order valence-corrected chi connectivity index (χ1v) is 6.12. The van der Waals surface area contributed by atoms with E-state index >= 15 is 0 Å². The summed E-state index contributed by atoms with van der Waals surface area (Å²) in [6.45, 7) is 3.56. The van der Waals surface area contributed by atoms with Gasteiger partial charge in [-0.25, -0.2) is 0 Å². The maximum atomic E-state index is 9.20. The lowest BCUT2D eigenvalue weighted by atomic mass is 10.3. The maximum Gasteiger partial charge on any atom is 0.158 e. The third-order valence-electron chi connectivity index (χ3n) is 3.32. The van der Waals surface area contributed by atoms with E-state index in [0.717, 1.165) is 38.4 Å². The molecule has 0 radical (unpaired) electrons. The van der Waals surface area contributed by atoms with Gasteiger partial charge < -0.3 is 14.1 Å². The molecule has 6 nitrogen and oxygen atoms in total. The van der Waals surface area contributed by atoms with Gasteiger partial charge >= 0.3 is 0 Å². The van der Waals surface area contributed by atoms with Crippen molar-refractivity contribution in [1.29, 1.82) is 0 Å². The summed E-state index contributed by atoms with van der Waals surface area (Å²) in [5, 5.41) is 17.3. The Bertz CT molecular complexity index is 506. The lowest BCUT2D eigenvalue weighted by Gasteiger charge is -2.18. The molecule has 0 saturated heterocycles. The van der Waals surface area contributed by atoms with Crippen molar-refractivity contribution in [2.75, 3.05) is 13.1 Å². The standard InChI is InChI=1S/C12H16N4O2/c17-8-12-14-13-11-1-3-15(4-5-16(11)12)7-10-2-6-18-9-10/h2,6,9,17H,1,3-5,7-8H2. The van der Waals surface area contributed by atoms with Crippen LogP contribution >= 0.6 is 0 Å². The van der Waals surface area contributed by atoms with Crippen molar-refractivity contribution >= 4 is 0 Å². The fourth-order valence-corrected chi connectivity index (χ4v) is 2.34. The summed E-state index contributed by atoms with van der Waals surface area (Å²) < 4.78 is 7.11. The number of furan rings is 1. The van der Waals surface area contributed by atoms with Crippen LogP contribution in [0.25, 0.3) is 0 Å². The van der Waals surface area contributed by atoms with Crippen molar-refractivity contribution in [2.45, 2.75) is 26.1 Å². The van der Waals surface area contributed by atoms with Gasteiger partial charge in [0.1, 0.15) is 12.4 Å². The number of rotatable bonds is 3. The van der Waals surface area contributed by atoms with Crippen molar-refractivity contribution in [3.8, 4) is 0 Å². The number of aliphatic hydroxyl groups excluding tert-OH is 1. The fourth-order valence-electron chi connectivity index (χ4n) is 2.34. The molecular weight excluding hydrogens is 232 g/mol. The van der Waals surface area contributed by atoms with E-state index < -0.39 is 0 Å². The van der Waals surface area contributed by atoms with Gasteiger partial charge in [0.2, 0.25) is 0 Å². The smallest absolute Gasteiger partial charge is 0.158 e. The van der Waals surface area contributed by atoms with Crippen LogP contribution in [0.2, 0.25) is 0 Å². The molecule has 0 spiro atoms. The van der Waals surface area contributed by atoms with E-state index in [2.05, 4.69) is 15.1 Å². The predicted molar refractivity (Wildman–Crippen MR) is 63.6 cm³/mol. The minimum absolute atomic E-state index is 0.0469. The number of fused-ring (bicyclic) bond motifs is 1. The molecule has 0 aliphatic carbocycles. The average Bonchev–Trinajstić information content (AvgIpc) is 2.97. The molecule has 3 rings (SSSR count).